The van der Waals surface area contributed by atoms with E-state index in [2.05, 4.69) is 10.4 Å². The number of likely N-dealkylation sites (tertiary alicyclic amines) is 1. The van der Waals surface area contributed by atoms with Crippen molar-refractivity contribution >= 4 is 17.2 Å². The van der Waals surface area contributed by atoms with Gasteiger partial charge in [0.15, 0.2) is 0 Å². The Labute approximate surface area is 128 Å². The molecule has 1 unspecified atom stereocenters. The van der Waals surface area contributed by atoms with Crippen molar-refractivity contribution < 1.29 is 9.90 Å². The Hall–Kier alpha value is -2.08. The maximum absolute atomic E-state index is 12.5. The van der Waals surface area contributed by atoms with Gasteiger partial charge in [-0.1, -0.05) is 6.07 Å². The number of amides is 2. The molecule has 116 valence electrons. The zero-order valence-electron chi connectivity index (χ0n) is 12.4. The van der Waals surface area contributed by atoms with Gasteiger partial charge in [-0.15, -0.1) is 0 Å². The summed E-state index contributed by atoms with van der Waals surface area (Å²) in [5.74, 6) is 0.375. The molecule has 1 atom stereocenters. The number of aliphatic hydroxyl groups is 1. The highest BCUT2D eigenvalue weighted by Crippen LogP contribution is 2.44. The average molecular weight is 300 g/mol. The van der Waals surface area contributed by atoms with E-state index in [0.717, 1.165) is 31.2 Å². The molecule has 0 bridgehead atoms. The maximum atomic E-state index is 12.5. The van der Waals surface area contributed by atoms with Gasteiger partial charge in [0.25, 0.3) is 0 Å². The van der Waals surface area contributed by atoms with Gasteiger partial charge in [0, 0.05) is 12.7 Å². The SMILES string of the molecule is O=C(Nc1cnn2ccccc12)N1CCCC(O)(C2CC2)C1. The Bertz CT molecular complexity index is 709. The molecule has 0 radical (unpaired) electrons. The van der Waals surface area contributed by atoms with Crippen molar-refractivity contribution in [2.45, 2.75) is 31.3 Å². The second kappa shape index (κ2) is 4.98. The first-order chi connectivity index (χ1) is 10.7. The molecule has 2 fully saturated rings. The molecule has 2 aromatic rings. The molecule has 2 amide bonds. The van der Waals surface area contributed by atoms with Gasteiger partial charge in [-0.05, 0) is 43.7 Å². The van der Waals surface area contributed by atoms with Crippen LogP contribution in [0.5, 0.6) is 0 Å². The fourth-order valence-corrected chi connectivity index (χ4v) is 3.42. The number of hydrogen-bond acceptors (Lipinski definition) is 3. The van der Waals surface area contributed by atoms with E-state index in [1.54, 1.807) is 15.6 Å². The molecule has 2 N–H and O–H groups in total. The molecule has 1 aliphatic heterocycles. The Morgan fingerprint density at radius 3 is 3.09 bits per heavy atom. The van der Waals surface area contributed by atoms with Crippen LogP contribution in [0.3, 0.4) is 0 Å². The zero-order chi connectivity index (χ0) is 15.2. The van der Waals surface area contributed by atoms with Crippen molar-refractivity contribution in [2.24, 2.45) is 5.92 Å². The van der Waals surface area contributed by atoms with Crippen molar-refractivity contribution in [2.75, 3.05) is 18.4 Å². The number of urea groups is 1. The summed E-state index contributed by atoms with van der Waals surface area (Å²) in [5.41, 5.74) is 0.882. The lowest BCUT2D eigenvalue weighted by atomic mass is 9.88. The molecular weight excluding hydrogens is 280 g/mol. The van der Waals surface area contributed by atoms with Gasteiger partial charge >= 0.3 is 6.03 Å². The molecule has 1 saturated heterocycles. The first-order valence-corrected chi connectivity index (χ1v) is 7.86. The summed E-state index contributed by atoms with van der Waals surface area (Å²) in [7, 11) is 0. The summed E-state index contributed by atoms with van der Waals surface area (Å²) < 4.78 is 1.73. The molecule has 4 rings (SSSR count). The van der Waals surface area contributed by atoms with Crippen LogP contribution in [-0.2, 0) is 0 Å². The van der Waals surface area contributed by atoms with Crippen LogP contribution in [0.25, 0.3) is 5.52 Å². The predicted molar refractivity (Wildman–Crippen MR) is 82.7 cm³/mol. The summed E-state index contributed by atoms with van der Waals surface area (Å²) in [6.45, 7) is 1.13. The normalized spacial score (nSPS) is 25.4. The van der Waals surface area contributed by atoms with E-state index >= 15 is 0 Å². The number of anilines is 1. The maximum Gasteiger partial charge on any atom is 0.322 e. The molecule has 2 aliphatic rings. The molecular formula is C16H20N4O2. The smallest absolute Gasteiger partial charge is 0.322 e. The van der Waals surface area contributed by atoms with Gasteiger partial charge in [0.2, 0.25) is 0 Å². The lowest BCUT2D eigenvalue weighted by molar-refractivity contribution is -0.0348. The molecule has 1 saturated carbocycles. The second-order valence-electron chi connectivity index (χ2n) is 6.42. The number of pyridine rings is 1. The fraction of sp³-hybridized carbons (Fsp3) is 0.500. The highest BCUT2D eigenvalue weighted by atomic mass is 16.3. The quantitative estimate of drug-likeness (QED) is 0.892. The van der Waals surface area contributed by atoms with Crippen LogP contribution in [0.1, 0.15) is 25.7 Å². The third-order valence-electron chi connectivity index (χ3n) is 4.79. The monoisotopic (exact) mass is 300 g/mol. The minimum atomic E-state index is -0.684. The van der Waals surface area contributed by atoms with Crippen LogP contribution in [0.2, 0.25) is 0 Å². The Morgan fingerprint density at radius 2 is 2.27 bits per heavy atom. The topological polar surface area (TPSA) is 69.9 Å². The number of rotatable bonds is 2. The Balaban J connectivity index is 1.49. The minimum absolute atomic E-state index is 0.155. The van der Waals surface area contributed by atoms with Crippen molar-refractivity contribution in [3.63, 3.8) is 0 Å². The molecule has 22 heavy (non-hydrogen) atoms. The highest BCUT2D eigenvalue weighted by Gasteiger charge is 2.46. The van der Waals surface area contributed by atoms with Crippen LogP contribution in [0.4, 0.5) is 10.5 Å². The summed E-state index contributed by atoms with van der Waals surface area (Å²) in [6, 6.07) is 5.57. The largest absolute Gasteiger partial charge is 0.388 e. The van der Waals surface area contributed by atoms with Crippen LogP contribution >= 0.6 is 0 Å². The number of carbonyl (C=O) groups excluding carboxylic acids is 1. The molecule has 3 heterocycles. The van der Waals surface area contributed by atoms with Crippen molar-refractivity contribution in [1.29, 1.82) is 0 Å². The predicted octanol–water partition coefficient (Wildman–Crippen LogP) is 2.10. The summed E-state index contributed by atoms with van der Waals surface area (Å²) in [4.78, 5) is 14.2. The van der Waals surface area contributed by atoms with E-state index in [1.165, 1.54) is 0 Å². The number of aromatic nitrogens is 2. The molecule has 6 nitrogen and oxygen atoms in total. The fourth-order valence-electron chi connectivity index (χ4n) is 3.42. The number of nitrogens with zero attached hydrogens (tertiary/aromatic N) is 3. The van der Waals surface area contributed by atoms with Gasteiger partial charge in [-0.2, -0.15) is 5.10 Å². The lowest BCUT2D eigenvalue weighted by Gasteiger charge is -2.39. The first-order valence-electron chi connectivity index (χ1n) is 7.86. The van der Waals surface area contributed by atoms with Crippen LogP contribution in [0, 0.1) is 5.92 Å². The zero-order valence-corrected chi connectivity index (χ0v) is 12.4. The summed E-state index contributed by atoms with van der Waals surface area (Å²) in [5, 5.41) is 17.8. The van der Waals surface area contributed by atoms with Crippen LogP contribution < -0.4 is 5.32 Å². The van der Waals surface area contributed by atoms with E-state index in [1.807, 2.05) is 24.4 Å². The van der Waals surface area contributed by atoms with E-state index < -0.39 is 5.60 Å². The van der Waals surface area contributed by atoms with Crippen molar-refractivity contribution in [1.82, 2.24) is 14.5 Å². The number of fused-ring (bicyclic) bond motifs is 1. The lowest BCUT2D eigenvalue weighted by Crippen LogP contribution is -2.52. The van der Waals surface area contributed by atoms with Crippen LogP contribution in [-0.4, -0.2) is 44.3 Å². The average Bonchev–Trinajstić information content (AvgIpc) is 3.32. The minimum Gasteiger partial charge on any atom is -0.388 e. The van der Waals surface area contributed by atoms with Crippen LogP contribution in [0.15, 0.2) is 30.6 Å². The molecule has 6 heteroatoms. The van der Waals surface area contributed by atoms with Gasteiger partial charge in [-0.3, -0.25) is 0 Å². The second-order valence-corrected chi connectivity index (χ2v) is 6.42. The first kappa shape index (κ1) is 13.6. The number of piperidine rings is 1. The van der Waals surface area contributed by atoms with Gasteiger partial charge in [0.1, 0.15) is 0 Å². The molecule has 2 aromatic heterocycles. The van der Waals surface area contributed by atoms with Gasteiger partial charge in [0.05, 0.1) is 29.5 Å². The molecule has 0 aromatic carbocycles. The number of hydrogen-bond donors (Lipinski definition) is 2. The summed E-state index contributed by atoms with van der Waals surface area (Å²) in [6.07, 6.45) is 7.33. The van der Waals surface area contributed by atoms with Crippen molar-refractivity contribution in [3.05, 3.63) is 30.6 Å². The standard InChI is InChI=1S/C16H20N4O2/c21-15(18-13-10-17-20-9-2-1-4-14(13)20)19-8-3-7-16(22,11-19)12-5-6-12/h1-2,4,9-10,12,22H,3,5-8,11H2,(H,18,21). The Morgan fingerprint density at radius 1 is 1.41 bits per heavy atom. The highest BCUT2D eigenvalue weighted by molar-refractivity contribution is 5.93. The third kappa shape index (κ3) is 2.33. The van der Waals surface area contributed by atoms with E-state index in [9.17, 15) is 9.90 Å². The van der Waals surface area contributed by atoms with Crippen molar-refractivity contribution in [3.8, 4) is 0 Å². The van der Waals surface area contributed by atoms with E-state index in [-0.39, 0.29) is 6.03 Å². The van der Waals surface area contributed by atoms with E-state index in [4.69, 9.17) is 0 Å². The Kier molecular flexibility index (Phi) is 3.07. The number of β-amino-alcohol motifs (C(OH)–C–C–N with tert-alkyl or cyclic N) is 1. The van der Waals surface area contributed by atoms with Gasteiger partial charge in [-0.25, -0.2) is 9.31 Å². The third-order valence-corrected chi connectivity index (χ3v) is 4.79. The molecule has 1 aliphatic carbocycles. The van der Waals surface area contributed by atoms with Gasteiger partial charge < -0.3 is 15.3 Å². The summed E-state index contributed by atoms with van der Waals surface area (Å²) >= 11 is 0. The molecule has 0 spiro atoms. The number of carbonyl (C=O) groups is 1. The number of nitrogens with one attached hydrogen (secondary N) is 1. The van der Waals surface area contributed by atoms with E-state index in [0.29, 0.717) is 24.7 Å².